The van der Waals surface area contributed by atoms with Crippen LogP contribution in [0.5, 0.6) is 0 Å². The van der Waals surface area contributed by atoms with Crippen molar-refractivity contribution >= 4 is 0 Å². The predicted octanol–water partition coefficient (Wildman–Crippen LogP) is 2.28. The van der Waals surface area contributed by atoms with E-state index in [1.54, 1.807) is 0 Å². The Labute approximate surface area is 130 Å². The van der Waals surface area contributed by atoms with Gasteiger partial charge in [0.2, 0.25) is 0 Å². The molecule has 0 aromatic carbocycles. The summed E-state index contributed by atoms with van der Waals surface area (Å²) in [6.07, 6.45) is 0.648. The van der Waals surface area contributed by atoms with Crippen LogP contribution >= 0.6 is 0 Å². The summed E-state index contributed by atoms with van der Waals surface area (Å²) in [5, 5.41) is 3.67. The Balaban J connectivity index is 2.11. The highest BCUT2D eigenvalue weighted by Gasteiger charge is 2.53. The average Bonchev–Trinajstić information content (AvgIpc) is 2.46. The molecule has 0 spiro atoms. The Bertz CT molecular complexity index is 347. The van der Waals surface area contributed by atoms with E-state index in [1.165, 1.54) is 0 Å². The van der Waals surface area contributed by atoms with Crippen molar-refractivity contribution in [1.82, 2.24) is 10.2 Å². The quantitative estimate of drug-likeness (QED) is 0.863. The smallest absolute Gasteiger partial charge is 0.0790 e. The fraction of sp³-hybridized carbons (Fsp3) is 1.00. The van der Waals surface area contributed by atoms with Crippen molar-refractivity contribution in [3.63, 3.8) is 0 Å². The first-order valence-corrected chi connectivity index (χ1v) is 8.47. The molecule has 0 saturated carbocycles. The third-order valence-corrected chi connectivity index (χ3v) is 4.94. The summed E-state index contributed by atoms with van der Waals surface area (Å²) in [7, 11) is 0. The molecule has 2 heterocycles. The summed E-state index contributed by atoms with van der Waals surface area (Å²) < 4.78 is 12.2. The summed E-state index contributed by atoms with van der Waals surface area (Å²) >= 11 is 0. The maximum absolute atomic E-state index is 6.39. The van der Waals surface area contributed by atoms with Gasteiger partial charge >= 0.3 is 0 Å². The minimum absolute atomic E-state index is 0.0961. The molecular formula is C17H34N2O2. The van der Waals surface area contributed by atoms with E-state index >= 15 is 0 Å². The van der Waals surface area contributed by atoms with Crippen molar-refractivity contribution < 1.29 is 9.47 Å². The molecule has 0 aliphatic carbocycles. The Morgan fingerprint density at radius 2 is 1.62 bits per heavy atom. The number of hydrogen-bond donors (Lipinski definition) is 1. The molecule has 0 bridgehead atoms. The second-order valence-electron chi connectivity index (χ2n) is 7.93. The number of rotatable bonds is 4. The lowest BCUT2D eigenvalue weighted by atomic mass is 9.82. The number of likely N-dealkylation sites (N-methyl/N-ethyl adjacent to an activating group) is 1. The molecule has 4 heteroatoms. The fourth-order valence-electron chi connectivity index (χ4n) is 4.35. The Morgan fingerprint density at radius 3 is 2.14 bits per heavy atom. The molecule has 4 atom stereocenters. The Hall–Kier alpha value is -0.160. The molecule has 4 nitrogen and oxygen atoms in total. The van der Waals surface area contributed by atoms with Gasteiger partial charge in [0.15, 0.2) is 0 Å². The first kappa shape index (κ1) is 17.2. The van der Waals surface area contributed by atoms with Crippen LogP contribution in [0.2, 0.25) is 0 Å². The van der Waals surface area contributed by atoms with Gasteiger partial charge in [-0.15, -0.1) is 0 Å². The van der Waals surface area contributed by atoms with Gasteiger partial charge in [0.05, 0.1) is 23.4 Å². The first-order chi connectivity index (χ1) is 9.65. The van der Waals surface area contributed by atoms with Gasteiger partial charge in [-0.1, -0.05) is 6.92 Å². The van der Waals surface area contributed by atoms with E-state index in [2.05, 4.69) is 58.7 Å². The van der Waals surface area contributed by atoms with Gasteiger partial charge in [-0.3, -0.25) is 4.90 Å². The average molecular weight is 298 g/mol. The molecule has 4 unspecified atom stereocenters. The van der Waals surface area contributed by atoms with Crippen molar-refractivity contribution in [2.75, 3.05) is 26.2 Å². The molecule has 2 aliphatic rings. The first-order valence-electron chi connectivity index (χ1n) is 8.47. The molecule has 2 fully saturated rings. The van der Waals surface area contributed by atoms with Crippen LogP contribution in [-0.4, -0.2) is 60.5 Å². The molecule has 0 aromatic heterocycles. The third kappa shape index (κ3) is 3.79. The van der Waals surface area contributed by atoms with Gasteiger partial charge < -0.3 is 14.8 Å². The van der Waals surface area contributed by atoms with Gasteiger partial charge in [0.25, 0.3) is 0 Å². The topological polar surface area (TPSA) is 33.7 Å². The number of nitrogens with one attached hydrogen (secondary N) is 1. The van der Waals surface area contributed by atoms with Crippen molar-refractivity contribution in [3.05, 3.63) is 0 Å². The number of hydrogen-bond acceptors (Lipinski definition) is 4. The Morgan fingerprint density at radius 1 is 1.05 bits per heavy atom. The van der Waals surface area contributed by atoms with E-state index in [1.807, 2.05) is 0 Å². The second kappa shape index (κ2) is 6.15. The SMILES string of the molecule is CCNC1C(CN2CC(C)OC(C)C2)C(C)(C)OC1(C)C. The highest BCUT2D eigenvalue weighted by Crippen LogP contribution is 2.42. The maximum Gasteiger partial charge on any atom is 0.0790 e. The summed E-state index contributed by atoms with van der Waals surface area (Å²) in [6.45, 7) is 19.5. The van der Waals surface area contributed by atoms with Gasteiger partial charge in [-0.2, -0.15) is 0 Å². The van der Waals surface area contributed by atoms with Crippen LogP contribution in [-0.2, 0) is 9.47 Å². The lowest BCUT2D eigenvalue weighted by molar-refractivity contribution is -0.0926. The van der Waals surface area contributed by atoms with Gasteiger partial charge in [0.1, 0.15) is 0 Å². The molecule has 21 heavy (non-hydrogen) atoms. The highest BCUT2D eigenvalue weighted by atomic mass is 16.5. The van der Waals surface area contributed by atoms with Crippen LogP contribution in [0.4, 0.5) is 0 Å². The van der Waals surface area contributed by atoms with Crippen molar-refractivity contribution in [3.8, 4) is 0 Å². The van der Waals surface area contributed by atoms with Gasteiger partial charge in [-0.05, 0) is 48.1 Å². The highest BCUT2D eigenvalue weighted by molar-refractivity contribution is 5.06. The molecule has 1 N–H and O–H groups in total. The summed E-state index contributed by atoms with van der Waals surface area (Å²) in [4.78, 5) is 2.56. The summed E-state index contributed by atoms with van der Waals surface area (Å²) in [6, 6.07) is 0.394. The van der Waals surface area contributed by atoms with Crippen LogP contribution in [0.15, 0.2) is 0 Å². The largest absolute Gasteiger partial charge is 0.373 e. The molecule has 2 saturated heterocycles. The third-order valence-electron chi connectivity index (χ3n) is 4.94. The van der Waals surface area contributed by atoms with Gasteiger partial charge in [0, 0.05) is 31.6 Å². The maximum atomic E-state index is 6.39. The van der Waals surface area contributed by atoms with E-state index in [0.29, 0.717) is 24.2 Å². The number of nitrogens with zero attached hydrogens (tertiary/aromatic N) is 1. The number of ether oxygens (including phenoxy) is 2. The standard InChI is InChI=1S/C17H34N2O2/c1-8-18-15-14(16(4,5)21-17(15,6)7)11-19-9-12(2)20-13(3)10-19/h12-15,18H,8-11H2,1-7H3. The zero-order valence-corrected chi connectivity index (χ0v) is 14.9. The van der Waals surface area contributed by atoms with E-state index in [-0.39, 0.29) is 11.2 Å². The van der Waals surface area contributed by atoms with Crippen LogP contribution in [0.3, 0.4) is 0 Å². The molecule has 0 radical (unpaired) electrons. The minimum atomic E-state index is -0.117. The van der Waals surface area contributed by atoms with Crippen LogP contribution < -0.4 is 5.32 Å². The molecule has 124 valence electrons. The van der Waals surface area contributed by atoms with Crippen molar-refractivity contribution in [1.29, 1.82) is 0 Å². The minimum Gasteiger partial charge on any atom is -0.373 e. The van der Waals surface area contributed by atoms with E-state index < -0.39 is 0 Å². The monoisotopic (exact) mass is 298 g/mol. The molecule has 0 aromatic rings. The van der Waals surface area contributed by atoms with E-state index in [0.717, 1.165) is 26.2 Å². The second-order valence-corrected chi connectivity index (χ2v) is 7.93. The lowest BCUT2D eigenvalue weighted by Crippen LogP contribution is -2.54. The van der Waals surface area contributed by atoms with E-state index in [4.69, 9.17) is 9.47 Å². The van der Waals surface area contributed by atoms with Crippen molar-refractivity contribution in [2.24, 2.45) is 5.92 Å². The molecular weight excluding hydrogens is 264 g/mol. The lowest BCUT2D eigenvalue weighted by Gasteiger charge is -2.40. The summed E-state index contributed by atoms with van der Waals surface area (Å²) in [5.41, 5.74) is -0.213. The number of morpholine rings is 1. The van der Waals surface area contributed by atoms with Crippen LogP contribution in [0, 0.1) is 5.92 Å². The zero-order chi connectivity index (χ0) is 15.8. The molecule has 2 aliphatic heterocycles. The fourth-order valence-corrected chi connectivity index (χ4v) is 4.35. The molecule has 0 amide bonds. The van der Waals surface area contributed by atoms with Crippen molar-refractivity contribution in [2.45, 2.75) is 77.9 Å². The van der Waals surface area contributed by atoms with Gasteiger partial charge in [-0.25, -0.2) is 0 Å². The molecule has 2 rings (SSSR count). The zero-order valence-electron chi connectivity index (χ0n) is 14.9. The summed E-state index contributed by atoms with van der Waals surface area (Å²) in [5.74, 6) is 0.491. The van der Waals surface area contributed by atoms with E-state index in [9.17, 15) is 0 Å². The van der Waals surface area contributed by atoms with Crippen LogP contribution in [0.1, 0.15) is 48.5 Å². The normalized spacial score (nSPS) is 39.6. The Kier molecular flexibility index (Phi) is 5.04. The predicted molar refractivity (Wildman–Crippen MR) is 86.6 cm³/mol. The van der Waals surface area contributed by atoms with Crippen LogP contribution in [0.25, 0.3) is 0 Å².